The van der Waals surface area contributed by atoms with Gasteiger partial charge >= 0.3 is 11.9 Å². The molecular weight excluding hydrogens is 522 g/mol. The number of benzene rings is 3. The van der Waals surface area contributed by atoms with Crippen LogP contribution in [0.3, 0.4) is 0 Å². The van der Waals surface area contributed by atoms with Gasteiger partial charge in [-0.1, -0.05) is 53.5 Å². The molecule has 0 unspecified atom stereocenters. The number of nitro groups is 1. The molecule has 184 valence electrons. The second kappa shape index (κ2) is 11.1. The summed E-state index contributed by atoms with van der Waals surface area (Å²) in [7, 11) is 0. The van der Waals surface area contributed by atoms with Crippen molar-refractivity contribution in [3.63, 3.8) is 0 Å². The second-order valence-electron chi connectivity index (χ2n) is 7.19. The van der Waals surface area contributed by atoms with Crippen LogP contribution in [-0.2, 0) is 17.5 Å². The Labute approximate surface area is 212 Å². The zero-order valence-electron chi connectivity index (χ0n) is 18.0. The largest absolute Gasteiger partial charge is 0.447 e. The van der Waals surface area contributed by atoms with E-state index in [9.17, 15) is 33.3 Å². The van der Waals surface area contributed by atoms with Crippen LogP contribution >= 0.6 is 23.2 Å². The van der Waals surface area contributed by atoms with Gasteiger partial charge in [0.2, 0.25) is 5.75 Å². The van der Waals surface area contributed by atoms with Crippen molar-refractivity contribution in [2.45, 2.75) is 12.7 Å². The summed E-state index contributed by atoms with van der Waals surface area (Å²) in [6, 6.07) is 15.1. The summed E-state index contributed by atoms with van der Waals surface area (Å²) in [5, 5.41) is 23.0. The first-order valence-electron chi connectivity index (χ1n) is 9.96. The molecule has 1 amide bonds. The fourth-order valence-corrected chi connectivity index (χ4v) is 3.56. The third-order valence-electron chi connectivity index (χ3n) is 4.69. The van der Waals surface area contributed by atoms with Crippen molar-refractivity contribution in [2.75, 3.05) is 0 Å². The molecule has 0 spiro atoms. The molecule has 0 radical (unpaired) electrons. The number of halogens is 5. The Morgan fingerprint density at radius 3 is 2.31 bits per heavy atom. The lowest BCUT2D eigenvalue weighted by Crippen LogP contribution is -2.23. The summed E-state index contributed by atoms with van der Waals surface area (Å²) >= 11 is 12.4. The highest BCUT2D eigenvalue weighted by atomic mass is 35.5. The van der Waals surface area contributed by atoms with Gasteiger partial charge in [-0.2, -0.15) is 18.4 Å². The SMILES string of the molecule is N#C/C(=C\c1cc(Cl)c(Oc2ccc(C(F)(F)F)cc2[N+](=O)[O-])c(Cl)c1)C(=O)NCc1ccccc1. The van der Waals surface area contributed by atoms with Crippen LogP contribution in [0.5, 0.6) is 11.5 Å². The average molecular weight is 536 g/mol. The smallest absolute Gasteiger partial charge is 0.416 e. The Hall–Kier alpha value is -4.07. The van der Waals surface area contributed by atoms with E-state index in [1.54, 1.807) is 30.3 Å². The fourth-order valence-electron chi connectivity index (χ4n) is 2.98. The zero-order chi connectivity index (χ0) is 26.5. The van der Waals surface area contributed by atoms with E-state index in [1.807, 2.05) is 6.07 Å². The van der Waals surface area contributed by atoms with E-state index in [4.69, 9.17) is 27.9 Å². The molecule has 0 aliphatic carbocycles. The molecule has 7 nitrogen and oxygen atoms in total. The average Bonchev–Trinajstić information content (AvgIpc) is 2.83. The van der Waals surface area contributed by atoms with Crippen LogP contribution in [0.15, 0.2) is 66.2 Å². The second-order valence-corrected chi connectivity index (χ2v) is 8.01. The Morgan fingerprint density at radius 1 is 1.11 bits per heavy atom. The highest BCUT2D eigenvalue weighted by Gasteiger charge is 2.33. The third-order valence-corrected chi connectivity index (χ3v) is 5.25. The number of nitriles is 1. The first-order chi connectivity index (χ1) is 17.0. The number of rotatable bonds is 7. The van der Waals surface area contributed by atoms with Gasteiger partial charge in [-0.25, -0.2) is 0 Å². The molecule has 0 fully saturated rings. The van der Waals surface area contributed by atoms with Gasteiger partial charge in [0, 0.05) is 12.6 Å². The summed E-state index contributed by atoms with van der Waals surface area (Å²) in [5.74, 6) is -1.42. The first-order valence-corrected chi connectivity index (χ1v) is 10.7. The minimum absolute atomic E-state index is 0.162. The highest BCUT2D eigenvalue weighted by molar-refractivity contribution is 6.37. The van der Waals surface area contributed by atoms with Crippen molar-refractivity contribution >= 4 is 40.9 Å². The van der Waals surface area contributed by atoms with Crippen molar-refractivity contribution in [3.05, 3.63) is 103 Å². The molecule has 0 saturated heterocycles. The van der Waals surface area contributed by atoms with E-state index in [2.05, 4.69) is 5.32 Å². The number of hydrogen-bond donors (Lipinski definition) is 1. The predicted octanol–water partition coefficient (Wildman–Crippen LogP) is 6.94. The lowest BCUT2D eigenvalue weighted by molar-refractivity contribution is -0.385. The van der Waals surface area contributed by atoms with Gasteiger partial charge in [0.15, 0.2) is 5.75 Å². The number of alkyl halides is 3. The molecule has 0 bridgehead atoms. The van der Waals surface area contributed by atoms with Gasteiger partial charge in [0.25, 0.3) is 5.91 Å². The topological polar surface area (TPSA) is 105 Å². The maximum Gasteiger partial charge on any atom is 0.416 e. The van der Waals surface area contributed by atoms with E-state index in [-0.39, 0.29) is 33.5 Å². The molecular formula is C24H14Cl2F3N3O4. The monoisotopic (exact) mass is 535 g/mol. The van der Waals surface area contributed by atoms with Crippen molar-refractivity contribution in [1.82, 2.24) is 5.32 Å². The number of nitrogens with one attached hydrogen (secondary N) is 1. The quantitative estimate of drug-likeness (QED) is 0.153. The van der Waals surface area contributed by atoms with Gasteiger partial charge < -0.3 is 10.1 Å². The minimum Gasteiger partial charge on any atom is -0.447 e. The van der Waals surface area contributed by atoms with Crippen LogP contribution in [0.1, 0.15) is 16.7 Å². The maximum atomic E-state index is 12.9. The molecule has 3 rings (SSSR count). The molecule has 0 saturated carbocycles. The summed E-state index contributed by atoms with van der Waals surface area (Å²) in [4.78, 5) is 22.7. The van der Waals surface area contributed by atoms with Crippen LogP contribution in [0.4, 0.5) is 18.9 Å². The lowest BCUT2D eigenvalue weighted by atomic mass is 10.1. The normalized spacial score (nSPS) is 11.5. The maximum absolute atomic E-state index is 12.9. The molecule has 12 heteroatoms. The van der Waals surface area contributed by atoms with Gasteiger partial charge in [-0.15, -0.1) is 0 Å². The van der Waals surface area contributed by atoms with Gasteiger partial charge in [0.1, 0.15) is 11.6 Å². The molecule has 3 aromatic rings. The third kappa shape index (κ3) is 6.53. The number of amides is 1. The number of hydrogen-bond acceptors (Lipinski definition) is 5. The Morgan fingerprint density at radius 2 is 1.75 bits per heavy atom. The van der Waals surface area contributed by atoms with E-state index in [0.29, 0.717) is 12.1 Å². The molecule has 0 atom stereocenters. The molecule has 0 aliphatic heterocycles. The van der Waals surface area contributed by atoms with E-state index in [1.165, 1.54) is 18.2 Å². The Balaban J connectivity index is 1.85. The standard InChI is InChI=1S/C24H14Cl2F3N3O4/c25-18-9-15(8-16(12-30)23(33)31-13-14-4-2-1-3-5-14)10-19(26)22(18)36-21-7-6-17(24(27,28)29)11-20(21)32(34)35/h1-11H,13H2,(H,31,33)/b16-8+. The van der Waals surface area contributed by atoms with Crippen LogP contribution in [0, 0.1) is 21.4 Å². The molecule has 0 aliphatic rings. The van der Waals surface area contributed by atoms with Gasteiger partial charge in [0.05, 0.1) is 20.5 Å². The van der Waals surface area contributed by atoms with Gasteiger partial charge in [-0.05, 0) is 41.5 Å². The molecule has 36 heavy (non-hydrogen) atoms. The number of nitro benzene ring substituents is 1. The fraction of sp³-hybridized carbons (Fsp3) is 0.0833. The zero-order valence-corrected chi connectivity index (χ0v) is 19.5. The molecule has 0 aromatic heterocycles. The summed E-state index contributed by atoms with van der Waals surface area (Å²) in [5.41, 5.74) is -1.35. The highest BCUT2D eigenvalue weighted by Crippen LogP contribution is 2.42. The van der Waals surface area contributed by atoms with E-state index >= 15 is 0 Å². The Bertz CT molecular complexity index is 1360. The summed E-state index contributed by atoms with van der Waals surface area (Å²) in [6.45, 7) is 0.193. The number of nitrogens with zero attached hydrogens (tertiary/aromatic N) is 2. The number of carbonyl (C=O) groups excluding carboxylic acids is 1. The number of carbonyl (C=O) groups is 1. The van der Waals surface area contributed by atoms with Gasteiger partial charge in [-0.3, -0.25) is 14.9 Å². The van der Waals surface area contributed by atoms with Crippen molar-refractivity contribution < 1.29 is 27.6 Å². The molecule has 3 aromatic carbocycles. The Kier molecular flexibility index (Phi) is 8.19. The summed E-state index contributed by atoms with van der Waals surface area (Å²) in [6.07, 6.45) is -3.57. The molecule has 1 N–H and O–H groups in total. The lowest BCUT2D eigenvalue weighted by Gasteiger charge is -2.12. The van der Waals surface area contributed by atoms with Crippen LogP contribution in [0.2, 0.25) is 10.0 Å². The number of ether oxygens (including phenoxy) is 1. The summed E-state index contributed by atoms with van der Waals surface area (Å²) < 4.78 is 44.2. The van der Waals surface area contributed by atoms with Crippen molar-refractivity contribution in [2.24, 2.45) is 0 Å². The van der Waals surface area contributed by atoms with Crippen molar-refractivity contribution in [1.29, 1.82) is 5.26 Å². The van der Waals surface area contributed by atoms with Crippen LogP contribution < -0.4 is 10.1 Å². The van der Waals surface area contributed by atoms with Crippen molar-refractivity contribution in [3.8, 4) is 17.6 Å². The molecule has 0 heterocycles. The predicted molar refractivity (Wildman–Crippen MR) is 127 cm³/mol. The van der Waals surface area contributed by atoms with Crippen LogP contribution in [-0.4, -0.2) is 10.8 Å². The first kappa shape index (κ1) is 26.5. The van der Waals surface area contributed by atoms with Crippen LogP contribution in [0.25, 0.3) is 6.08 Å². The van der Waals surface area contributed by atoms with E-state index < -0.39 is 34.0 Å². The van der Waals surface area contributed by atoms with E-state index in [0.717, 1.165) is 11.6 Å². The minimum atomic E-state index is -4.79.